The zero-order chi connectivity index (χ0) is 14.7. The third-order valence-corrected chi connectivity index (χ3v) is 3.83. The van der Waals surface area contributed by atoms with Gasteiger partial charge in [0.1, 0.15) is 5.82 Å². The number of para-hydroxylation sites is 1. The van der Waals surface area contributed by atoms with Crippen molar-refractivity contribution in [3.63, 3.8) is 0 Å². The number of alkyl halides is 1. The van der Waals surface area contributed by atoms with Crippen molar-refractivity contribution in [3.05, 3.63) is 71.3 Å². The Kier molecular flexibility index (Phi) is 4.07. The van der Waals surface area contributed by atoms with Gasteiger partial charge in [0, 0.05) is 17.8 Å². The van der Waals surface area contributed by atoms with Crippen LogP contribution in [0.5, 0.6) is 0 Å². The van der Waals surface area contributed by atoms with E-state index in [0.717, 1.165) is 29.0 Å². The Labute approximate surface area is 129 Å². The van der Waals surface area contributed by atoms with Gasteiger partial charge < -0.3 is 5.32 Å². The van der Waals surface area contributed by atoms with E-state index in [4.69, 9.17) is 16.6 Å². The van der Waals surface area contributed by atoms with Crippen molar-refractivity contribution in [3.8, 4) is 0 Å². The molecule has 1 aromatic heterocycles. The second-order valence-corrected chi connectivity index (χ2v) is 5.42. The predicted molar refractivity (Wildman–Crippen MR) is 89.8 cm³/mol. The molecule has 0 radical (unpaired) electrons. The van der Waals surface area contributed by atoms with Crippen molar-refractivity contribution in [1.29, 1.82) is 0 Å². The van der Waals surface area contributed by atoms with Gasteiger partial charge in [-0.3, -0.25) is 0 Å². The molecule has 3 rings (SSSR count). The topological polar surface area (TPSA) is 24.9 Å². The minimum Gasteiger partial charge on any atom is -0.366 e. The summed E-state index contributed by atoms with van der Waals surface area (Å²) in [5.41, 5.74) is 4.52. The number of pyridine rings is 1. The van der Waals surface area contributed by atoms with Crippen LogP contribution in [0.1, 0.15) is 16.7 Å². The highest BCUT2D eigenvalue weighted by Crippen LogP contribution is 2.20. The smallest absolute Gasteiger partial charge is 0.129 e. The minimum atomic E-state index is 0.543. The highest BCUT2D eigenvalue weighted by Gasteiger charge is 2.03. The summed E-state index contributed by atoms with van der Waals surface area (Å²) in [6.07, 6.45) is 0. The Bertz CT molecular complexity index is 768. The number of anilines is 1. The van der Waals surface area contributed by atoms with E-state index in [1.165, 1.54) is 10.9 Å². The highest BCUT2D eigenvalue weighted by molar-refractivity contribution is 6.17. The first-order valence-corrected chi connectivity index (χ1v) is 7.54. The summed E-state index contributed by atoms with van der Waals surface area (Å²) in [6.45, 7) is 2.83. The van der Waals surface area contributed by atoms with Crippen LogP contribution in [-0.2, 0) is 12.4 Å². The molecule has 0 unspecified atom stereocenters. The van der Waals surface area contributed by atoms with Gasteiger partial charge in [-0.15, -0.1) is 11.6 Å². The van der Waals surface area contributed by atoms with Crippen molar-refractivity contribution in [2.75, 3.05) is 5.32 Å². The van der Waals surface area contributed by atoms with Gasteiger partial charge in [-0.2, -0.15) is 0 Å². The normalized spacial score (nSPS) is 10.8. The molecule has 0 atom stereocenters. The van der Waals surface area contributed by atoms with Crippen LogP contribution in [0, 0.1) is 6.92 Å². The summed E-state index contributed by atoms with van der Waals surface area (Å²) in [5, 5.41) is 4.59. The van der Waals surface area contributed by atoms with Gasteiger partial charge in [0.2, 0.25) is 0 Å². The third kappa shape index (κ3) is 3.17. The summed E-state index contributed by atoms with van der Waals surface area (Å²) < 4.78 is 0. The molecule has 1 N–H and O–H groups in total. The molecule has 0 saturated heterocycles. The van der Waals surface area contributed by atoms with Crippen LogP contribution < -0.4 is 5.32 Å². The molecule has 3 heteroatoms. The zero-order valence-electron chi connectivity index (χ0n) is 11.9. The molecule has 21 heavy (non-hydrogen) atoms. The van der Waals surface area contributed by atoms with Crippen molar-refractivity contribution >= 4 is 28.3 Å². The molecule has 0 bridgehead atoms. The molecule has 0 fully saturated rings. The summed E-state index contributed by atoms with van der Waals surface area (Å²) in [6, 6.07) is 18.6. The molecule has 1 heterocycles. The van der Waals surface area contributed by atoms with Crippen LogP contribution in [-0.4, -0.2) is 4.98 Å². The Hall–Kier alpha value is -2.06. The SMILES string of the molecule is Cc1cc2ccccc2nc1NCc1cccc(CCl)c1. The number of fused-ring (bicyclic) bond motifs is 1. The number of benzene rings is 2. The fourth-order valence-corrected chi connectivity index (χ4v) is 2.58. The van der Waals surface area contributed by atoms with E-state index < -0.39 is 0 Å². The van der Waals surface area contributed by atoms with Crippen molar-refractivity contribution in [1.82, 2.24) is 4.98 Å². The van der Waals surface area contributed by atoms with Crippen molar-refractivity contribution in [2.24, 2.45) is 0 Å². The molecular weight excluding hydrogens is 280 g/mol. The van der Waals surface area contributed by atoms with Crippen LogP contribution in [0.3, 0.4) is 0 Å². The first-order valence-electron chi connectivity index (χ1n) is 7.00. The lowest BCUT2D eigenvalue weighted by Crippen LogP contribution is -2.03. The first-order chi connectivity index (χ1) is 10.3. The van der Waals surface area contributed by atoms with E-state index in [-0.39, 0.29) is 0 Å². The number of nitrogens with zero attached hydrogens (tertiary/aromatic N) is 1. The molecule has 2 aromatic carbocycles. The van der Waals surface area contributed by atoms with E-state index in [2.05, 4.69) is 36.5 Å². The standard InChI is InChI=1S/C18H17ClN2/c1-13-9-16-7-2-3-8-17(16)21-18(13)20-12-15-6-4-5-14(10-15)11-19/h2-10H,11-12H2,1H3,(H,20,21). The van der Waals surface area contributed by atoms with E-state index in [1.54, 1.807) is 0 Å². The fourth-order valence-electron chi connectivity index (χ4n) is 2.41. The largest absolute Gasteiger partial charge is 0.366 e. The number of hydrogen-bond acceptors (Lipinski definition) is 2. The molecule has 0 aliphatic rings. The maximum atomic E-state index is 5.87. The Morgan fingerprint density at radius 1 is 1.00 bits per heavy atom. The van der Waals surface area contributed by atoms with Crippen molar-refractivity contribution < 1.29 is 0 Å². The maximum absolute atomic E-state index is 5.87. The van der Waals surface area contributed by atoms with Gasteiger partial charge in [0.15, 0.2) is 0 Å². The van der Waals surface area contributed by atoms with Gasteiger partial charge in [0.25, 0.3) is 0 Å². The average Bonchev–Trinajstić information content (AvgIpc) is 2.53. The summed E-state index contributed by atoms with van der Waals surface area (Å²) in [7, 11) is 0. The summed E-state index contributed by atoms with van der Waals surface area (Å²) in [4.78, 5) is 4.70. The maximum Gasteiger partial charge on any atom is 0.129 e. The van der Waals surface area contributed by atoms with E-state index in [0.29, 0.717) is 5.88 Å². The lowest BCUT2D eigenvalue weighted by Gasteiger charge is -2.10. The van der Waals surface area contributed by atoms with Gasteiger partial charge in [0.05, 0.1) is 5.52 Å². The molecule has 2 nitrogen and oxygen atoms in total. The number of nitrogens with one attached hydrogen (secondary N) is 1. The average molecular weight is 297 g/mol. The molecule has 0 amide bonds. The minimum absolute atomic E-state index is 0.543. The summed E-state index contributed by atoms with van der Waals surface area (Å²) >= 11 is 5.87. The Balaban J connectivity index is 1.82. The Morgan fingerprint density at radius 2 is 1.81 bits per heavy atom. The Morgan fingerprint density at radius 3 is 2.67 bits per heavy atom. The molecule has 0 aliphatic carbocycles. The van der Waals surface area contributed by atoms with Crippen LogP contribution in [0.2, 0.25) is 0 Å². The molecule has 0 saturated carbocycles. The second-order valence-electron chi connectivity index (χ2n) is 5.15. The zero-order valence-corrected chi connectivity index (χ0v) is 12.7. The molecule has 106 valence electrons. The number of halogens is 1. The number of hydrogen-bond donors (Lipinski definition) is 1. The van der Waals surface area contributed by atoms with Gasteiger partial charge in [-0.25, -0.2) is 4.98 Å². The van der Waals surface area contributed by atoms with Gasteiger partial charge in [-0.1, -0.05) is 42.5 Å². The highest BCUT2D eigenvalue weighted by atomic mass is 35.5. The van der Waals surface area contributed by atoms with Crippen LogP contribution >= 0.6 is 11.6 Å². The number of aryl methyl sites for hydroxylation is 1. The van der Waals surface area contributed by atoms with Gasteiger partial charge >= 0.3 is 0 Å². The van der Waals surface area contributed by atoms with E-state index in [9.17, 15) is 0 Å². The van der Waals surface area contributed by atoms with Crippen LogP contribution in [0.25, 0.3) is 10.9 Å². The predicted octanol–water partition coefficient (Wildman–Crippen LogP) is 4.89. The molecule has 0 aliphatic heterocycles. The van der Waals surface area contributed by atoms with Crippen molar-refractivity contribution in [2.45, 2.75) is 19.3 Å². The van der Waals surface area contributed by atoms with E-state index >= 15 is 0 Å². The molecule has 0 spiro atoms. The molecule has 3 aromatic rings. The monoisotopic (exact) mass is 296 g/mol. The van der Waals surface area contributed by atoms with Gasteiger partial charge in [-0.05, 0) is 35.7 Å². The van der Waals surface area contributed by atoms with E-state index in [1.807, 2.05) is 30.3 Å². The second kappa shape index (κ2) is 6.15. The number of aromatic nitrogens is 1. The summed E-state index contributed by atoms with van der Waals surface area (Å²) in [5.74, 6) is 1.48. The van der Waals surface area contributed by atoms with Crippen LogP contribution in [0.4, 0.5) is 5.82 Å². The lowest BCUT2D eigenvalue weighted by atomic mass is 10.1. The molecular formula is C18H17ClN2. The quantitative estimate of drug-likeness (QED) is 0.693. The lowest BCUT2D eigenvalue weighted by molar-refractivity contribution is 1.10. The fraction of sp³-hybridized carbons (Fsp3) is 0.167. The number of rotatable bonds is 4. The first kappa shape index (κ1) is 13.9. The third-order valence-electron chi connectivity index (χ3n) is 3.52. The van der Waals surface area contributed by atoms with Crippen LogP contribution in [0.15, 0.2) is 54.6 Å².